The number of nitrogens with one attached hydrogen (secondary N) is 1. The summed E-state index contributed by atoms with van der Waals surface area (Å²) in [4.78, 5) is 28.7. The average molecular weight is 418 g/mol. The second-order valence-corrected chi connectivity index (χ2v) is 7.65. The zero-order valence-corrected chi connectivity index (χ0v) is 16.9. The Morgan fingerprint density at radius 1 is 1.16 bits per heavy atom. The van der Waals surface area contributed by atoms with Gasteiger partial charge in [0.05, 0.1) is 17.5 Å². The smallest absolute Gasteiger partial charge is 0.257 e. The van der Waals surface area contributed by atoms with Crippen LogP contribution in [-0.2, 0) is 0 Å². The number of pyridine rings is 1. The summed E-state index contributed by atoms with van der Waals surface area (Å²) in [5.41, 5.74) is 12.5. The van der Waals surface area contributed by atoms with Gasteiger partial charge in [0.15, 0.2) is 5.78 Å². The number of nitrogens with zero attached hydrogens (tertiary/aromatic N) is 1. The van der Waals surface area contributed by atoms with Crippen LogP contribution in [0.5, 0.6) is 11.5 Å². The molecule has 1 atom stereocenters. The number of fused-ring (bicyclic) bond motifs is 1. The van der Waals surface area contributed by atoms with E-state index in [0.717, 1.165) is 0 Å². The van der Waals surface area contributed by atoms with Crippen LogP contribution in [0.3, 0.4) is 0 Å². The molecular weight excluding hydrogens is 396 g/mol. The van der Waals surface area contributed by atoms with E-state index in [2.05, 4.69) is 10.3 Å². The number of nitrogen functional groups attached to an aromatic ring is 2. The standard InChI is InChI=1S/C23H22N4O4/c1-23(11-19(28)18-10-15(24)3-8-20(18)31-23)13-30-17-6-4-16(5-7-17)27-22(29)14-2-9-21(25)26-12-14/h2-10,12H,11,13,24H2,1H3,(H2,25,26)(H,27,29). The predicted molar refractivity (Wildman–Crippen MR) is 117 cm³/mol. The molecule has 4 rings (SSSR count). The van der Waals surface area contributed by atoms with E-state index in [0.29, 0.717) is 39.8 Å². The molecule has 1 aliphatic heterocycles. The van der Waals surface area contributed by atoms with Gasteiger partial charge in [0.25, 0.3) is 5.91 Å². The molecule has 0 spiro atoms. The molecule has 2 aromatic carbocycles. The van der Waals surface area contributed by atoms with E-state index < -0.39 is 5.60 Å². The molecule has 0 fully saturated rings. The van der Waals surface area contributed by atoms with E-state index in [1.54, 1.807) is 54.6 Å². The number of ketones is 1. The Labute approximate surface area is 179 Å². The summed E-state index contributed by atoms with van der Waals surface area (Å²) >= 11 is 0. The topological polar surface area (TPSA) is 130 Å². The van der Waals surface area contributed by atoms with Gasteiger partial charge in [-0.25, -0.2) is 4.98 Å². The van der Waals surface area contributed by atoms with Gasteiger partial charge in [0.1, 0.15) is 29.5 Å². The highest BCUT2D eigenvalue weighted by Gasteiger charge is 2.37. The summed E-state index contributed by atoms with van der Waals surface area (Å²) in [5.74, 6) is 1.12. The molecule has 0 saturated heterocycles. The molecule has 3 aromatic rings. The Morgan fingerprint density at radius 3 is 2.65 bits per heavy atom. The summed E-state index contributed by atoms with van der Waals surface area (Å²) in [6.07, 6.45) is 1.61. The Kier molecular flexibility index (Phi) is 5.21. The number of amides is 1. The Bertz CT molecular complexity index is 1130. The maximum absolute atomic E-state index is 12.5. The van der Waals surface area contributed by atoms with Crippen molar-refractivity contribution in [3.05, 3.63) is 71.9 Å². The van der Waals surface area contributed by atoms with Crippen molar-refractivity contribution in [3.63, 3.8) is 0 Å². The number of hydrogen-bond donors (Lipinski definition) is 3. The van der Waals surface area contributed by atoms with Gasteiger partial charge in [0.2, 0.25) is 0 Å². The van der Waals surface area contributed by atoms with E-state index in [4.69, 9.17) is 20.9 Å². The van der Waals surface area contributed by atoms with Crippen LogP contribution < -0.4 is 26.3 Å². The third kappa shape index (κ3) is 4.58. The van der Waals surface area contributed by atoms with E-state index in [9.17, 15) is 9.59 Å². The molecule has 8 heteroatoms. The van der Waals surface area contributed by atoms with Crippen LogP contribution in [0.4, 0.5) is 17.2 Å². The number of ether oxygens (including phenoxy) is 2. The van der Waals surface area contributed by atoms with Gasteiger partial charge >= 0.3 is 0 Å². The quantitative estimate of drug-likeness (QED) is 0.542. The first kappa shape index (κ1) is 20.2. The van der Waals surface area contributed by atoms with Crippen molar-refractivity contribution >= 4 is 28.9 Å². The lowest BCUT2D eigenvalue weighted by Gasteiger charge is -2.34. The largest absolute Gasteiger partial charge is 0.489 e. The summed E-state index contributed by atoms with van der Waals surface area (Å²) in [6, 6.07) is 15.1. The SMILES string of the molecule is CC1(COc2ccc(NC(=O)c3ccc(N)nc3)cc2)CC(=O)c2cc(N)ccc2O1. The lowest BCUT2D eigenvalue weighted by Crippen LogP contribution is -2.44. The van der Waals surface area contributed by atoms with Crippen molar-refractivity contribution in [2.24, 2.45) is 0 Å². The van der Waals surface area contributed by atoms with Crippen LogP contribution in [0.2, 0.25) is 0 Å². The molecule has 31 heavy (non-hydrogen) atoms. The van der Waals surface area contributed by atoms with Crippen LogP contribution in [0.15, 0.2) is 60.8 Å². The number of nitrogens with two attached hydrogens (primary N) is 2. The molecule has 0 aliphatic carbocycles. The van der Waals surface area contributed by atoms with E-state index in [1.165, 1.54) is 6.20 Å². The molecule has 158 valence electrons. The number of rotatable bonds is 5. The number of hydrogen-bond acceptors (Lipinski definition) is 7. The summed E-state index contributed by atoms with van der Waals surface area (Å²) < 4.78 is 11.9. The highest BCUT2D eigenvalue weighted by atomic mass is 16.5. The van der Waals surface area contributed by atoms with Gasteiger partial charge < -0.3 is 26.3 Å². The fourth-order valence-electron chi connectivity index (χ4n) is 3.28. The number of aromatic nitrogens is 1. The van der Waals surface area contributed by atoms with Gasteiger partial charge in [-0.1, -0.05) is 0 Å². The van der Waals surface area contributed by atoms with E-state index in [-0.39, 0.29) is 24.7 Å². The maximum Gasteiger partial charge on any atom is 0.257 e. The third-order valence-corrected chi connectivity index (χ3v) is 4.90. The minimum absolute atomic E-state index is 0.0325. The summed E-state index contributed by atoms with van der Waals surface area (Å²) in [5, 5.41) is 2.78. The minimum atomic E-state index is -0.796. The molecule has 8 nitrogen and oxygen atoms in total. The average Bonchev–Trinajstić information content (AvgIpc) is 2.74. The van der Waals surface area contributed by atoms with Gasteiger partial charge in [-0.3, -0.25) is 9.59 Å². The summed E-state index contributed by atoms with van der Waals surface area (Å²) in [6.45, 7) is 2.02. The molecule has 0 saturated carbocycles. The lowest BCUT2D eigenvalue weighted by molar-refractivity contribution is 0.0190. The van der Waals surface area contributed by atoms with Crippen molar-refractivity contribution in [1.82, 2.24) is 4.98 Å². The monoisotopic (exact) mass is 418 g/mol. The highest BCUT2D eigenvalue weighted by Crippen LogP contribution is 2.34. The van der Waals surface area contributed by atoms with Crippen LogP contribution in [0.1, 0.15) is 34.1 Å². The Hall–Kier alpha value is -4.07. The number of anilines is 3. The number of carbonyl (C=O) groups is 2. The first-order valence-corrected chi connectivity index (χ1v) is 9.69. The van der Waals surface area contributed by atoms with Crippen LogP contribution in [-0.4, -0.2) is 28.9 Å². The lowest BCUT2D eigenvalue weighted by atomic mass is 9.92. The fraction of sp³-hybridized carbons (Fsp3) is 0.174. The van der Waals surface area contributed by atoms with Crippen molar-refractivity contribution in [1.29, 1.82) is 0 Å². The van der Waals surface area contributed by atoms with Crippen molar-refractivity contribution < 1.29 is 19.1 Å². The van der Waals surface area contributed by atoms with Crippen LogP contribution in [0.25, 0.3) is 0 Å². The third-order valence-electron chi connectivity index (χ3n) is 4.90. The van der Waals surface area contributed by atoms with Crippen molar-refractivity contribution in [2.45, 2.75) is 18.9 Å². The summed E-state index contributed by atoms with van der Waals surface area (Å²) in [7, 11) is 0. The molecular formula is C23H22N4O4. The molecule has 1 aromatic heterocycles. The second kappa shape index (κ2) is 7.98. The molecule has 5 N–H and O–H groups in total. The second-order valence-electron chi connectivity index (χ2n) is 7.65. The number of benzene rings is 2. The first-order valence-electron chi connectivity index (χ1n) is 9.69. The zero-order chi connectivity index (χ0) is 22.0. The highest BCUT2D eigenvalue weighted by molar-refractivity contribution is 6.04. The number of carbonyl (C=O) groups excluding carboxylic acids is 2. The zero-order valence-electron chi connectivity index (χ0n) is 16.9. The predicted octanol–water partition coefficient (Wildman–Crippen LogP) is 3.30. The normalized spacial score (nSPS) is 17.4. The van der Waals surface area contributed by atoms with E-state index >= 15 is 0 Å². The maximum atomic E-state index is 12.5. The van der Waals surface area contributed by atoms with Crippen molar-refractivity contribution in [2.75, 3.05) is 23.4 Å². The molecule has 2 heterocycles. The van der Waals surface area contributed by atoms with Gasteiger partial charge in [-0.2, -0.15) is 0 Å². The van der Waals surface area contributed by atoms with E-state index in [1.807, 2.05) is 6.92 Å². The van der Waals surface area contributed by atoms with Gasteiger partial charge in [0, 0.05) is 17.6 Å². The van der Waals surface area contributed by atoms with Gasteiger partial charge in [-0.15, -0.1) is 0 Å². The molecule has 1 unspecified atom stereocenters. The first-order chi connectivity index (χ1) is 14.8. The molecule has 1 aliphatic rings. The number of Topliss-reactive ketones (excluding diaryl/α,β-unsaturated/α-hetero) is 1. The van der Waals surface area contributed by atoms with Gasteiger partial charge in [-0.05, 0) is 61.5 Å². The van der Waals surface area contributed by atoms with Crippen LogP contribution >= 0.6 is 0 Å². The fourth-order valence-corrected chi connectivity index (χ4v) is 3.28. The Balaban J connectivity index is 1.37. The molecule has 0 radical (unpaired) electrons. The van der Waals surface area contributed by atoms with Crippen LogP contribution in [0, 0.1) is 0 Å². The molecule has 1 amide bonds. The minimum Gasteiger partial charge on any atom is -0.489 e. The Morgan fingerprint density at radius 2 is 1.94 bits per heavy atom. The molecule has 0 bridgehead atoms. The van der Waals surface area contributed by atoms with Crippen molar-refractivity contribution in [3.8, 4) is 11.5 Å².